The van der Waals surface area contributed by atoms with E-state index in [4.69, 9.17) is 9.84 Å². The predicted octanol–water partition coefficient (Wildman–Crippen LogP) is 2.64. The summed E-state index contributed by atoms with van der Waals surface area (Å²) in [7, 11) is -3.75. The predicted molar refractivity (Wildman–Crippen MR) is 133 cm³/mol. The molecule has 2 aromatic rings. The number of amides is 1. The molecule has 230 valence electrons. The first-order valence-corrected chi connectivity index (χ1v) is 13.6. The van der Waals surface area contributed by atoms with Crippen molar-refractivity contribution in [2.45, 2.75) is 29.7 Å². The Morgan fingerprint density at radius 2 is 1.45 bits per heavy atom. The van der Waals surface area contributed by atoms with Crippen molar-refractivity contribution in [3.8, 4) is 5.75 Å². The molecular formula is C25H25F6N3O7S. The first-order chi connectivity index (χ1) is 19.5. The highest BCUT2D eigenvalue weighted by atomic mass is 32.2. The second kappa shape index (κ2) is 13.1. The molecule has 0 spiro atoms. The molecule has 2 aromatic carbocycles. The summed E-state index contributed by atoms with van der Waals surface area (Å²) in [4.78, 5) is 38.1. The molecular weight excluding hydrogens is 600 g/mol. The molecule has 1 aliphatic heterocycles. The third kappa shape index (κ3) is 8.90. The Balaban J connectivity index is 1.60. The third-order valence-corrected chi connectivity index (χ3v) is 8.04. The maximum absolute atomic E-state index is 13.1. The molecule has 1 fully saturated rings. The summed E-state index contributed by atoms with van der Waals surface area (Å²) in [6, 6.07) is 6.39. The number of ketones is 1. The molecule has 1 heterocycles. The molecule has 10 nitrogen and oxygen atoms in total. The Hall–Kier alpha value is -3.70. The van der Waals surface area contributed by atoms with Crippen LogP contribution in [-0.4, -0.2) is 85.8 Å². The lowest BCUT2D eigenvalue weighted by atomic mass is 10.1. The number of rotatable bonds is 11. The molecule has 42 heavy (non-hydrogen) atoms. The number of hydrogen-bond acceptors (Lipinski definition) is 7. The smallest absolute Gasteiger partial charge is 0.416 e. The zero-order valence-corrected chi connectivity index (χ0v) is 22.4. The summed E-state index contributed by atoms with van der Waals surface area (Å²) >= 11 is 0. The van der Waals surface area contributed by atoms with Gasteiger partial charge in [-0.25, -0.2) is 8.42 Å². The van der Waals surface area contributed by atoms with Gasteiger partial charge in [0.25, 0.3) is 0 Å². The van der Waals surface area contributed by atoms with E-state index in [1.165, 1.54) is 16.4 Å². The minimum absolute atomic E-state index is 0.0483. The minimum atomic E-state index is -5.15. The average Bonchev–Trinajstić information content (AvgIpc) is 2.90. The molecule has 0 aromatic heterocycles. The van der Waals surface area contributed by atoms with Crippen LogP contribution in [0.15, 0.2) is 53.4 Å². The van der Waals surface area contributed by atoms with E-state index in [-0.39, 0.29) is 55.8 Å². The number of benzene rings is 2. The number of nitrogens with one attached hydrogen (secondary N) is 1. The van der Waals surface area contributed by atoms with E-state index in [0.29, 0.717) is 0 Å². The number of piperazine rings is 1. The van der Waals surface area contributed by atoms with E-state index in [9.17, 15) is 49.1 Å². The molecule has 1 amide bonds. The van der Waals surface area contributed by atoms with Crippen LogP contribution in [0.1, 0.15) is 17.5 Å². The standard InChI is InChI=1S/C25H25F6N3O7S/c26-24(27,28)16-10-17(25(29,30)31)12-18(11-16)41-15-21(35)20(13-23(37)38)32-22(36)14-33-6-8-34(9-7-33)42(39,40)19-4-2-1-3-5-19/h1-5,10-12,20H,6-9,13-15H2,(H,32,36)(H,37,38)/t20-/m0/s1. The molecule has 1 saturated heterocycles. The lowest BCUT2D eigenvalue weighted by molar-refractivity contribution is -0.144. The molecule has 2 N–H and O–H groups in total. The number of alkyl halides is 6. The summed E-state index contributed by atoms with van der Waals surface area (Å²) < 4.78 is 110. The van der Waals surface area contributed by atoms with Gasteiger partial charge in [-0.2, -0.15) is 30.6 Å². The van der Waals surface area contributed by atoms with Crippen LogP contribution in [0, 0.1) is 0 Å². The zero-order chi connectivity index (χ0) is 31.3. The molecule has 0 unspecified atom stereocenters. The van der Waals surface area contributed by atoms with Gasteiger partial charge in [0.1, 0.15) is 18.4 Å². The van der Waals surface area contributed by atoms with Gasteiger partial charge in [0.05, 0.1) is 29.0 Å². The second-order valence-electron chi connectivity index (χ2n) is 9.21. The summed E-state index contributed by atoms with van der Waals surface area (Å²) in [6.45, 7) is -1.10. The SMILES string of the molecule is O=C(O)C[C@H](NC(=O)CN1CCN(S(=O)(=O)c2ccccc2)CC1)C(=O)COc1cc(C(F)(F)F)cc(C(F)(F)F)c1. The molecule has 0 aliphatic carbocycles. The first-order valence-electron chi connectivity index (χ1n) is 12.2. The van der Waals surface area contributed by atoms with Gasteiger partial charge >= 0.3 is 18.3 Å². The third-order valence-electron chi connectivity index (χ3n) is 6.12. The maximum atomic E-state index is 13.1. The topological polar surface area (TPSA) is 133 Å². The van der Waals surface area contributed by atoms with Gasteiger partial charge < -0.3 is 15.2 Å². The normalized spacial score (nSPS) is 16.0. The van der Waals surface area contributed by atoms with Gasteiger partial charge in [-0.1, -0.05) is 18.2 Å². The van der Waals surface area contributed by atoms with Gasteiger partial charge in [-0.15, -0.1) is 0 Å². The van der Waals surface area contributed by atoms with Crippen molar-refractivity contribution in [1.82, 2.24) is 14.5 Å². The number of carboxylic acids is 1. The van der Waals surface area contributed by atoms with Crippen molar-refractivity contribution in [2.24, 2.45) is 0 Å². The Labute approximate surface area is 235 Å². The van der Waals surface area contributed by atoms with Crippen molar-refractivity contribution in [1.29, 1.82) is 0 Å². The fourth-order valence-corrected chi connectivity index (χ4v) is 5.44. The Morgan fingerprint density at radius 1 is 0.905 bits per heavy atom. The van der Waals surface area contributed by atoms with Gasteiger partial charge in [0.2, 0.25) is 15.9 Å². The number of carbonyl (C=O) groups excluding carboxylic acids is 2. The fraction of sp³-hybridized carbons (Fsp3) is 0.400. The summed E-state index contributed by atoms with van der Waals surface area (Å²) in [5.74, 6) is -4.39. The number of hydrogen-bond donors (Lipinski definition) is 2. The van der Waals surface area contributed by atoms with E-state index in [1.54, 1.807) is 23.1 Å². The summed E-state index contributed by atoms with van der Waals surface area (Å²) in [5, 5.41) is 11.3. The molecule has 0 radical (unpaired) electrons. The van der Waals surface area contributed by atoms with Crippen LogP contribution in [0.3, 0.4) is 0 Å². The number of halogens is 6. The zero-order valence-electron chi connectivity index (χ0n) is 21.6. The molecule has 1 aliphatic rings. The van der Waals surface area contributed by atoms with Crippen LogP contribution >= 0.6 is 0 Å². The van der Waals surface area contributed by atoms with Gasteiger partial charge in [0.15, 0.2) is 5.78 Å². The average molecular weight is 626 g/mol. The highest BCUT2D eigenvalue weighted by Crippen LogP contribution is 2.38. The number of sulfonamides is 1. The maximum Gasteiger partial charge on any atom is 0.416 e. The van der Waals surface area contributed by atoms with Crippen molar-refractivity contribution < 1.29 is 59.0 Å². The Morgan fingerprint density at radius 3 is 1.95 bits per heavy atom. The monoisotopic (exact) mass is 625 g/mol. The molecule has 0 bridgehead atoms. The first kappa shape index (κ1) is 32.8. The molecule has 1 atom stereocenters. The van der Waals surface area contributed by atoms with Crippen LogP contribution in [0.25, 0.3) is 0 Å². The molecule has 0 saturated carbocycles. The largest absolute Gasteiger partial charge is 0.486 e. The number of aliphatic carboxylic acids is 1. The number of carboxylic acid groups (broad SMARTS) is 1. The lowest BCUT2D eigenvalue weighted by Crippen LogP contribution is -2.53. The fourth-order valence-electron chi connectivity index (χ4n) is 4.00. The highest BCUT2D eigenvalue weighted by Gasteiger charge is 2.37. The molecule has 17 heteroatoms. The van der Waals surface area contributed by atoms with Crippen LogP contribution < -0.4 is 10.1 Å². The van der Waals surface area contributed by atoms with Crippen LogP contribution in [0.5, 0.6) is 5.75 Å². The number of carbonyl (C=O) groups is 3. The summed E-state index contributed by atoms with van der Waals surface area (Å²) in [6.07, 6.45) is -11.2. The quantitative estimate of drug-likeness (QED) is 0.365. The van der Waals surface area contributed by atoms with E-state index in [1.807, 2.05) is 0 Å². The van der Waals surface area contributed by atoms with Gasteiger partial charge in [0, 0.05) is 26.2 Å². The molecule has 3 rings (SSSR count). The summed E-state index contributed by atoms with van der Waals surface area (Å²) in [5.41, 5.74) is -3.35. The van der Waals surface area contributed by atoms with Crippen LogP contribution in [0.4, 0.5) is 26.3 Å². The van der Waals surface area contributed by atoms with Crippen LogP contribution in [0.2, 0.25) is 0 Å². The van der Waals surface area contributed by atoms with E-state index in [2.05, 4.69) is 5.32 Å². The van der Waals surface area contributed by atoms with Crippen LogP contribution in [-0.2, 0) is 36.8 Å². The van der Waals surface area contributed by atoms with Gasteiger partial charge in [-0.05, 0) is 30.3 Å². The second-order valence-corrected chi connectivity index (χ2v) is 11.1. The lowest BCUT2D eigenvalue weighted by Gasteiger charge is -2.33. The van der Waals surface area contributed by atoms with Crippen molar-refractivity contribution in [3.63, 3.8) is 0 Å². The Kier molecular flexibility index (Phi) is 10.2. The number of ether oxygens (including phenoxy) is 1. The van der Waals surface area contributed by atoms with Crippen molar-refractivity contribution in [2.75, 3.05) is 39.3 Å². The van der Waals surface area contributed by atoms with Crippen molar-refractivity contribution >= 4 is 27.7 Å². The number of nitrogens with zero attached hydrogens (tertiary/aromatic N) is 2. The van der Waals surface area contributed by atoms with Crippen molar-refractivity contribution in [3.05, 3.63) is 59.7 Å². The van der Waals surface area contributed by atoms with E-state index >= 15 is 0 Å². The highest BCUT2D eigenvalue weighted by molar-refractivity contribution is 7.89. The van der Waals surface area contributed by atoms with E-state index < -0.39 is 76.0 Å². The van der Waals surface area contributed by atoms with Gasteiger partial charge in [-0.3, -0.25) is 19.3 Å². The minimum Gasteiger partial charge on any atom is -0.486 e. The Bertz CT molecular complexity index is 1360. The van der Waals surface area contributed by atoms with E-state index in [0.717, 1.165) is 0 Å². The number of Topliss-reactive ketones (excluding diaryl/α,β-unsaturated/α-hetero) is 1.